The van der Waals surface area contributed by atoms with E-state index in [0.29, 0.717) is 18.0 Å². The molecule has 0 saturated heterocycles. The van der Waals surface area contributed by atoms with E-state index in [9.17, 15) is 13.9 Å². The van der Waals surface area contributed by atoms with Gasteiger partial charge in [-0.3, -0.25) is 4.68 Å². The lowest BCUT2D eigenvalue weighted by molar-refractivity contribution is 0.169. The van der Waals surface area contributed by atoms with E-state index in [-0.39, 0.29) is 12.1 Å². The lowest BCUT2D eigenvalue weighted by Gasteiger charge is -2.13. The first-order chi connectivity index (χ1) is 13.5. The van der Waals surface area contributed by atoms with Crippen molar-refractivity contribution in [1.82, 2.24) is 15.1 Å². The Labute approximate surface area is 160 Å². The Kier molecular flexibility index (Phi) is 4.93. The molecule has 7 heteroatoms. The molecule has 144 valence electrons. The summed E-state index contributed by atoms with van der Waals surface area (Å²) in [5.41, 5.74) is 2.42. The van der Waals surface area contributed by atoms with E-state index in [2.05, 4.69) is 10.4 Å². The topological polar surface area (TPSA) is 63.2 Å². The molecule has 0 bridgehead atoms. The van der Waals surface area contributed by atoms with Crippen molar-refractivity contribution in [3.63, 3.8) is 0 Å². The number of aliphatic hydroxyl groups excluding tert-OH is 1. The van der Waals surface area contributed by atoms with Crippen LogP contribution in [0.1, 0.15) is 17.2 Å². The number of aryl methyl sites for hydroxylation is 1. The highest BCUT2D eigenvalue weighted by atomic mass is 19.1. The van der Waals surface area contributed by atoms with E-state index < -0.39 is 17.7 Å². The van der Waals surface area contributed by atoms with Gasteiger partial charge in [0.15, 0.2) is 5.76 Å². The highest BCUT2D eigenvalue weighted by Crippen LogP contribution is 2.29. The Morgan fingerprint density at radius 3 is 2.79 bits per heavy atom. The van der Waals surface area contributed by atoms with Crippen molar-refractivity contribution in [2.24, 2.45) is 7.05 Å². The van der Waals surface area contributed by atoms with E-state index in [0.717, 1.165) is 28.7 Å². The molecule has 5 nitrogen and oxygen atoms in total. The Hall–Kier alpha value is -3.03. The summed E-state index contributed by atoms with van der Waals surface area (Å²) >= 11 is 0. The van der Waals surface area contributed by atoms with Crippen LogP contribution in [0.5, 0.6) is 0 Å². The molecule has 4 rings (SSSR count). The van der Waals surface area contributed by atoms with Gasteiger partial charge in [-0.25, -0.2) is 8.78 Å². The van der Waals surface area contributed by atoms with Crippen molar-refractivity contribution in [2.75, 3.05) is 6.54 Å². The molecule has 2 N–H and O–H groups in total. The number of furan rings is 1. The minimum atomic E-state index is -1.09. The van der Waals surface area contributed by atoms with E-state index >= 15 is 0 Å². The van der Waals surface area contributed by atoms with Crippen molar-refractivity contribution in [2.45, 2.75) is 12.6 Å². The van der Waals surface area contributed by atoms with Crippen LogP contribution < -0.4 is 5.32 Å². The largest absolute Gasteiger partial charge is 0.454 e. The van der Waals surface area contributed by atoms with Crippen molar-refractivity contribution in [3.05, 3.63) is 77.5 Å². The molecule has 0 aliphatic heterocycles. The Balaban J connectivity index is 1.48. The second kappa shape index (κ2) is 7.53. The SMILES string of the molecule is Cn1cc(CNCC(O)c2ccc(F)cc2F)c(-c2cc3ccccc3o2)n1. The van der Waals surface area contributed by atoms with Crippen LogP contribution in [-0.2, 0) is 13.6 Å². The number of halogens is 2. The maximum absolute atomic E-state index is 13.8. The molecule has 28 heavy (non-hydrogen) atoms. The molecule has 0 saturated carbocycles. The molecule has 0 spiro atoms. The van der Waals surface area contributed by atoms with Gasteiger partial charge >= 0.3 is 0 Å². The second-order valence-electron chi connectivity index (χ2n) is 6.64. The summed E-state index contributed by atoms with van der Waals surface area (Å²) in [6.07, 6.45) is 0.771. The van der Waals surface area contributed by atoms with E-state index in [1.807, 2.05) is 43.6 Å². The minimum absolute atomic E-state index is 0.0533. The lowest BCUT2D eigenvalue weighted by Crippen LogP contribution is -2.21. The maximum Gasteiger partial charge on any atom is 0.156 e. The zero-order valence-corrected chi connectivity index (χ0v) is 15.2. The van der Waals surface area contributed by atoms with Gasteiger partial charge in [-0.2, -0.15) is 5.10 Å². The molecule has 1 atom stereocenters. The summed E-state index contributed by atoms with van der Waals surface area (Å²) in [7, 11) is 1.82. The average molecular weight is 383 g/mol. The van der Waals surface area contributed by atoms with Gasteiger partial charge in [-0.05, 0) is 18.2 Å². The standard InChI is InChI=1S/C21H19F2N3O2/c1-26-12-14(10-24-11-18(27)16-7-6-15(22)9-17(16)23)21(25-26)20-8-13-4-2-3-5-19(13)28-20/h2-9,12,18,24,27H,10-11H2,1H3. The smallest absolute Gasteiger partial charge is 0.156 e. The summed E-state index contributed by atoms with van der Waals surface area (Å²) in [6, 6.07) is 12.8. The van der Waals surface area contributed by atoms with Gasteiger partial charge in [0.05, 0.1) is 6.10 Å². The molecule has 0 radical (unpaired) electrons. The van der Waals surface area contributed by atoms with Gasteiger partial charge in [0.25, 0.3) is 0 Å². The predicted octanol–water partition coefficient (Wildman–Crippen LogP) is 3.93. The van der Waals surface area contributed by atoms with Crippen LogP contribution in [-0.4, -0.2) is 21.4 Å². The summed E-state index contributed by atoms with van der Waals surface area (Å²) in [5, 5.41) is 18.8. The lowest BCUT2D eigenvalue weighted by atomic mass is 10.1. The van der Waals surface area contributed by atoms with Crippen molar-refractivity contribution >= 4 is 11.0 Å². The third-order valence-corrected chi connectivity index (χ3v) is 4.54. The number of fused-ring (bicyclic) bond motifs is 1. The first kappa shape index (κ1) is 18.3. The molecule has 2 aromatic carbocycles. The van der Waals surface area contributed by atoms with Crippen LogP contribution in [0.15, 0.2) is 59.1 Å². The number of nitrogens with one attached hydrogen (secondary N) is 1. The van der Waals surface area contributed by atoms with Gasteiger partial charge in [0.1, 0.15) is 22.9 Å². The average Bonchev–Trinajstić information content (AvgIpc) is 3.24. The first-order valence-electron chi connectivity index (χ1n) is 8.86. The Morgan fingerprint density at radius 2 is 2.00 bits per heavy atom. The number of rotatable bonds is 6. The van der Waals surface area contributed by atoms with Crippen LogP contribution >= 0.6 is 0 Å². The summed E-state index contributed by atoms with van der Waals surface area (Å²) in [4.78, 5) is 0. The number of para-hydroxylation sites is 1. The van der Waals surface area contributed by atoms with Crippen molar-refractivity contribution in [3.8, 4) is 11.5 Å². The summed E-state index contributed by atoms with van der Waals surface area (Å²) in [5.74, 6) is -0.783. The normalized spacial score (nSPS) is 12.6. The van der Waals surface area contributed by atoms with Crippen LogP contribution in [0.25, 0.3) is 22.4 Å². The molecular weight excluding hydrogens is 364 g/mol. The molecule has 0 amide bonds. The van der Waals surface area contributed by atoms with Gasteiger partial charge in [0.2, 0.25) is 0 Å². The van der Waals surface area contributed by atoms with E-state index in [1.165, 1.54) is 6.07 Å². The molecule has 1 unspecified atom stereocenters. The highest BCUT2D eigenvalue weighted by Gasteiger charge is 2.17. The highest BCUT2D eigenvalue weighted by molar-refractivity contribution is 5.82. The third kappa shape index (κ3) is 3.67. The quantitative estimate of drug-likeness (QED) is 0.530. The van der Waals surface area contributed by atoms with Crippen LogP contribution in [0.2, 0.25) is 0 Å². The molecule has 4 aromatic rings. The number of aromatic nitrogens is 2. The fraction of sp³-hybridized carbons (Fsp3) is 0.190. The maximum atomic E-state index is 13.8. The van der Waals surface area contributed by atoms with Crippen LogP contribution in [0.3, 0.4) is 0 Å². The summed E-state index contributed by atoms with van der Waals surface area (Å²) < 4.78 is 34.4. The molecule has 2 heterocycles. The molecule has 0 fully saturated rings. The van der Waals surface area contributed by atoms with E-state index in [4.69, 9.17) is 4.42 Å². The number of hydrogen-bond acceptors (Lipinski definition) is 4. The Morgan fingerprint density at radius 1 is 1.18 bits per heavy atom. The second-order valence-corrected chi connectivity index (χ2v) is 6.64. The van der Waals surface area contributed by atoms with Gasteiger partial charge in [-0.1, -0.05) is 24.3 Å². The first-order valence-corrected chi connectivity index (χ1v) is 8.86. The van der Waals surface area contributed by atoms with Crippen molar-refractivity contribution < 1.29 is 18.3 Å². The number of benzene rings is 2. The summed E-state index contributed by atoms with van der Waals surface area (Å²) in [6.45, 7) is 0.511. The number of aliphatic hydroxyl groups is 1. The van der Waals surface area contributed by atoms with Crippen LogP contribution in [0, 0.1) is 11.6 Å². The molecule has 0 aliphatic carbocycles. The minimum Gasteiger partial charge on any atom is -0.454 e. The molecule has 0 aliphatic rings. The molecule has 2 aromatic heterocycles. The fourth-order valence-corrected chi connectivity index (χ4v) is 3.20. The molecular formula is C21H19F2N3O2. The van der Waals surface area contributed by atoms with Gasteiger partial charge in [0, 0.05) is 48.9 Å². The van der Waals surface area contributed by atoms with Crippen molar-refractivity contribution in [1.29, 1.82) is 0 Å². The zero-order valence-electron chi connectivity index (χ0n) is 15.2. The number of nitrogens with zero attached hydrogens (tertiary/aromatic N) is 2. The van der Waals surface area contributed by atoms with Gasteiger partial charge in [-0.15, -0.1) is 0 Å². The number of hydrogen-bond donors (Lipinski definition) is 2. The van der Waals surface area contributed by atoms with Crippen LogP contribution in [0.4, 0.5) is 8.78 Å². The third-order valence-electron chi connectivity index (χ3n) is 4.54. The monoisotopic (exact) mass is 383 g/mol. The van der Waals surface area contributed by atoms with Gasteiger partial charge < -0.3 is 14.8 Å². The zero-order chi connectivity index (χ0) is 19.7. The Bertz CT molecular complexity index is 1090. The predicted molar refractivity (Wildman–Crippen MR) is 101 cm³/mol. The van der Waals surface area contributed by atoms with E-state index in [1.54, 1.807) is 4.68 Å². The fourth-order valence-electron chi connectivity index (χ4n) is 3.20.